The lowest BCUT2D eigenvalue weighted by Crippen LogP contribution is -2.07. The standard InChI is InChI=1S/C5H2F6N2S/c6-2-1-12-13(4(7)8)3(2)14-5(9,10)11/h1,4H. The largest absolute Gasteiger partial charge is 0.447 e. The van der Waals surface area contributed by atoms with Gasteiger partial charge in [0.15, 0.2) is 5.82 Å². The van der Waals surface area contributed by atoms with Gasteiger partial charge in [0.25, 0.3) is 0 Å². The SMILES string of the molecule is Fc1cnn(C(F)F)c1SC(F)(F)F. The first kappa shape index (κ1) is 11.2. The van der Waals surface area contributed by atoms with Crippen molar-refractivity contribution in [2.75, 3.05) is 0 Å². The summed E-state index contributed by atoms with van der Waals surface area (Å²) >= 11 is -0.966. The van der Waals surface area contributed by atoms with Crippen LogP contribution in [0.5, 0.6) is 0 Å². The van der Waals surface area contributed by atoms with Crippen molar-refractivity contribution in [3.8, 4) is 0 Å². The summed E-state index contributed by atoms with van der Waals surface area (Å²) in [5.74, 6) is -1.42. The van der Waals surface area contributed by atoms with Gasteiger partial charge >= 0.3 is 12.1 Å². The molecule has 0 saturated heterocycles. The average molecular weight is 236 g/mol. The van der Waals surface area contributed by atoms with Crippen molar-refractivity contribution in [3.05, 3.63) is 12.0 Å². The van der Waals surface area contributed by atoms with Gasteiger partial charge in [0.2, 0.25) is 0 Å². The maximum atomic E-state index is 12.6. The summed E-state index contributed by atoms with van der Waals surface area (Å²) in [4.78, 5) is 0. The second kappa shape index (κ2) is 3.71. The van der Waals surface area contributed by atoms with E-state index in [2.05, 4.69) is 5.10 Å². The van der Waals surface area contributed by atoms with E-state index in [1.54, 1.807) is 0 Å². The Kier molecular flexibility index (Phi) is 2.98. The van der Waals surface area contributed by atoms with E-state index in [1.807, 2.05) is 0 Å². The summed E-state index contributed by atoms with van der Waals surface area (Å²) < 4.78 is 71.4. The molecule has 0 atom stereocenters. The summed E-state index contributed by atoms with van der Waals surface area (Å²) in [7, 11) is 0. The van der Waals surface area contributed by atoms with Crippen molar-refractivity contribution in [1.29, 1.82) is 0 Å². The van der Waals surface area contributed by atoms with Gasteiger partial charge in [-0.1, -0.05) is 0 Å². The van der Waals surface area contributed by atoms with Crippen LogP contribution in [0.15, 0.2) is 11.2 Å². The molecule has 0 aliphatic carbocycles. The molecule has 1 aromatic heterocycles. The highest BCUT2D eigenvalue weighted by Gasteiger charge is 2.34. The third-order valence-corrected chi connectivity index (χ3v) is 1.91. The zero-order valence-electron chi connectivity index (χ0n) is 6.23. The molecular formula is C5H2F6N2S. The van der Waals surface area contributed by atoms with Crippen molar-refractivity contribution in [1.82, 2.24) is 9.78 Å². The van der Waals surface area contributed by atoms with Gasteiger partial charge in [-0.2, -0.15) is 31.7 Å². The first-order valence-corrected chi connectivity index (χ1v) is 3.90. The smallest absolute Gasteiger partial charge is 0.202 e. The van der Waals surface area contributed by atoms with Crippen molar-refractivity contribution < 1.29 is 26.3 Å². The first-order valence-electron chi connectivity index (χ1n) is 3.08. The van der Waals surface area contributed by atoms with Crippen molar-refractivity contribution in [2.45, 2.75) is 17.1 Å². The molecule has 14 heavy (non-hydrogen) atoms. The molecular weight excluding hydrogens is 234 g/mol. The lowest BCUT2D eigenvalue weighted by molar-refractivity contribution is -0.0338. The van der Waals surface area contributed by atoms with Crippen LogP contribution in [0.3, 0.4) is 0 Å². The molecule has 0 unspecified atom stereocenters. The molecule has 0 bridgehead atoms. The van der Waals surface area contributed by atoms with Crippen LogP contribution in [-0.2, 0) is 0 Å². The molecule has 0 radical (unpaired) electrons. The van der Waals surface area contributed by atoms with E-state index in [0.717, 1.165) is 0 Å². The summed E-state index contributed by atoms with van der Waals surface area (Å²) in [5.41, 5.74) is -4.83. The Morgan fingerprint density at radius 2 is 1.93 bits per heavy atom. The van der Waals surface area contributed by atoms with E-state index in [1.165, 1.54) is 0 Å². The molecule has 9 heteroatoms. The van der Waals surface area contributed by atoms with Crippen LogP contribution in [0.25, 0.3) is 0 Å². The minimum Gasteiger partial charge on any atom is -0.202 e. The molecule has 2 nitrogen and oxygen atoms in total. The third kappa shape index (κ3) is 2.56. The molecule has 1 aromatic rings. The van der Waals surface area contributed by atoms with Crippen LogP contribution in [0.2, 0.25) is 0 Å². The Bertz CT molecular complexity index is 319. The molecule has 80 valence electrons. The van der Waals surface area contributed by atoms with Crippen molar-refractivity contribution in [3.63, 3.8) is 0 Å². The zero-order valence-corrected chi connectivity index (χ0v) is 7.04. The molecule has 0 spiro atoms. The van der Waals surface area contributed by atoms with Crippen LogP contribution in [0.4, 0.5) is 26.3 Å². The molecule has 0 saturated carbocycles. The number of nitrogens with zero attached hydrogens (tertiary/aromatic N) is 2. The van der Waals surface area contributed by atoms with Crippen molar-refractivity contribution >= 4 is 11.8 Å². The number of thioether (sulfide) groups is 1. The quantitative estimate of drug-likeness (QED) is 0.580. The second-order valence-corrected chi connectivity index (χ2v) is 3.12. The van der Waals surface area contributed by atoms with Gasteiger partial charge in [-0.15, -0.1) is 0 Å². The number of hydrogen-bond donors (Lipinski definition) is 0. The minimum atomic E-state index is -4.83. The van der Waals surface area contributed by atoms with Crippen LogP contribution < -0.4 is 0 Å². The Labute approximate surface area is 77.9 Å². The number of hydrogen-bond acceptors (Lipinski definition) is 2. The summed E-state index contributed by atoms with van der Waals surface area (Å²) in [5, 5.41) is 1.53. The molecule has 0 aliphatic rings. The fourth-order valence-electron chi connectivity index (χ4n) is 0.674. The van der Waals surface area contributed by atoms with Crippen LogP contribution in [0, 0.1) is 5.82 Å². The highest BCUT2D eigenvalue weighted by molar-refractivity contribution is 8.00. The predicted molar refractivity (Wildman–Crippen MR) is 35.4 cm³/mol. The molecule has 0 fully saturated rings. The molecule has 1 rings (SSSR count). The van der Waals surface area contributed by atoms with Gasteiger partial charge in [0, 0.05) is 11.8 Å². The van der Waals surface area contributed by atoms with Gasteiger partial charge in [0.05, 0.1) is 6.20 Å². The molecule has 0 amide bonds. The van der Waals surface area contributed by atoms with E-state index in [0.29, 0.717) is 6.20 Å². The van der Waals surface area contributed by atoms with Crippen LogP contribution >= 0.6 is 11.8 Å². The molecule has 0 aromatic carbocycles. The molecule has 0 aliphatic heterocycles. The van der Waals surface area contributed by atoms with Gasteiger partial charge in [0.1, 0.15) is 5.03 Å². The van der Waals surface area contributed by atoms with E-state index < -0.39 is 34.7 Å². The number of rotatable bonds is 2. The van der Waals surface area contributed by atoms with Gasteiger partial charge in [-0.05, 0) is 0 Å². The Morgan fingerprint density at radius 3 is 2.36 bits per heavy atom. The van der Waals surface area contributed by atoms with Gasteiger partial charge in [-0.3, -0.25) is 0 Å². The van der Waals surface area contributed by atoms with Crippen LogP contribution in [-0.4, -0.2) is 15.3 Å². The van der Waals surface area contributed by atoms with E-state index in [-0.39, 0.29) is 4.68 Å². The summed E-state index contributed by atoms with van der Waals surface area (Å²) in [6.45, 7) is -3.30. The summed E-state index contributed by atoms with van der Waals surface area (Å²) in [6.07, 6.45) is 0.306. The van der Waals surface area contributed by atoms with E-state index >= 15 is 0 Å². The fourth-order valence-corrected chi connectivity index (χ4v) is 1.26. The van der Waals surface area contributed by atoms with Crippen LogP contribution in [0.1, 0.15) is 6.55 Å². The lowest BCUT2D eigenvalue weighted by atomic mass is 10.7. The number of alkyl halides is 5. The predicted octanol–water partition coefficient (Wildman–Crippen LogP) is 3.03. The first-order chi connectivity index (χ1) is 6.31. The maximum absolute atomic E-state index is 12.6. The minimum absolute atomic E-state index is 0.306. The molecule has 0 N–H and O–H groups in total. The molecule has 1 heterocycles. The van der Waals surface area contributed by atoms with E-state index in [9.17, 15) is 26.3 Å². The maximum Gasteiger partial charge on any atom is 0.447 e. The van der Waals surface area contributed by atoms with Gasteiger partial charge < -0.3 is 0 Å². The topological polar surface area (TPSA) is 17.8 Å². The Morgan fingerprint density at radius 1 is 1.36 bits per heavy atom. The highest BCUT2D eigenvalue weighted by atomic mass is 32.2. The van der Waals surface area contributed by atoms with E-state index in [4.69, 9.17) is 0 Å². The third-order valence-electron chi connectivity index (χ3n) is 1.11. The van der Waals surface area contributed by atoms with Crippen molar-refractivity contribution in [2.24, 2.45) is 0 Å². The Hall–Kier alpha value is -0.860. The average Bonchev–Trinajstić information content (AvgIpc) is 2.29. The lowest BCUT2D eigenvalue weighted by Gasteiger charge is -2.07. The number of halogens is 6. The zero-order chi connectivity index (χ0) is 10.9. The fraction of sp³-hybridized carbons (Fsp3) is 0.400. The summed E-state index contributed by atoms with van der Waals surface area (Å²) in [6, 6.07) is 0. The highest BCUT2D eigenvalue weighted by Crippen LogP contribution is 2.39. The second-order valence-electron chi connectivity index (χ2n) is 2.07. The number of aromatic nitrogens is 2. The normalized spacial score (nSPS) is 12.5. The monoisotopic (exact) mass is 236 g/mol. The Balaban J connectivity index is 3.00. The van der Waals surface area contributed by atoms with Gasteiger partial charge in [-0.25, -0.2) is 4.39 Å².